The summed E-state index contributed by atoms with van der Waals surface area (Å²) in [4.78, 5) is 31.2. The van der Waals surface area contributed by atoms with Crippen molar-refractivity contribution >= 4 is 34.8 Å². The maximum atomic E-state index is 12.5. The third-order valence-electron chi connectivity index (χ3n) is 6.30. The summed E-state index contributed by atoms with van der Waals surface area (Å²) in [6, 6.07) is 12.0. The summed E-state index contributed by atoms with van der Waals surface area (Å²) in [6.45, 7) is 6.30. The van der Waals surface area contributed by atoms with Crippen molar-refractivity contribution in [3.63, 3.8) is 0 Å². The fraction of sp³-hybridized carbons (Fsp3) is 0.423. The Hall–Kier alpha value is -3.06. The molecule has 3 heterocycles. The monoisotopic (exact) mass is 482 g/mol. The quantitative estimate of drug-likeness (QED) is 0.473. The standard InChI is InChI=1S/C26H31ClN4O3/c1-3-16-34-24(32)9-12-28-26(33)19-10-14-30(15-11-19)20-7-8-22(27)21(17-20)25-18(2)31-13-5-4-6-23(31)29-25/h4-8,13,17,19H,3,9-12,14-16H2,1-2H3,(H,28,33). The maximum absolute atomic E-state index is 12.5. The first-order valence-electron chi connectivity index (χ1n) is 11.9. The number of carbonyl (C=O) groups excluding carboxylic acids is 2. The van der Waals surface area contributed by atoms with Crippen molar-refractivity contribution in [2.45, 2.75) is 39.5 Å². The summed E-state index contributed by atoms with van der Waals surface area (Å²) in [5.74, 6) is -0.299. The fourth-order valence-corrected chi connectivity index (χ4v) is 4.59. The number of aromatic nitrogens is 2. The predicted octanol–water partition coefficient (Wildman–Crippen LogP) is 4.64. The van der Waals surface area contributed by atoms with Crippen LogP contribution in [0.25, 0.3) is 16.9 Å². The van der Waals surface area contributed by atoms with E-state index in [1.165, 1.54) is 0 Å². The van der Waals surface area contributed by atoms with Crippen LogP contribution in [0.1, 0.15) is 38.3 Å². The SMILES string of the molecule is CCCOC(=O)CCNC(=O)C1CCN(c2ccc(Cl)c(-c3nc4ccccn4c3C)c2)CC1. The van der Waals surface area contributed by atoms with Crippen LogP contribution in [-0.2, 0) is 14.3 Å². The zero-order valence-electron chi connectivity index (χ0n) is 19.7. The van der Waals surface area contributed by atoms with Gasteiger partial charge in [0.25, 0.3) is 0 Å². The van der Waals surface area contributed by atoms with Crippen molar-refractivity contribution in [2.75, 3.05) is 31.1 Å². The van der Waals surface area contributed by atoms with Gasteiger partial charge in [0.1, 0.15) is 5.65 Å². The first-order chi connectivity index (χ1) is 16.5. The normalized spacial score (nSPS) is 14.4. The highest BCUT2D eigenvalue weighted by Crippen LogP contribution is 2.35. The molecule has 3 aromatic rings. The molecule has 7 nitrogen and oxygen atoms in total. The Morgan fingerprint density at radius 2 is 2.00 bits per heavy atom. The van der Waals surface area contributed by atoms with Crippen LogP contribution in [0.4, 0.5) is 5.69 Å². The number of nitrogens with one attached hydrogen (secondary N) is 1. The molecule has 1 N–H and O–H groups in total. The Labute approximate surface area is 205 Å². The minimum absolute atomic E-state index is 0.0139. The van der Waals surface area contributed by atoms with E-state index in [0.29, 0.717) is 18.2 Å². The van der Waals surface area contributed by atoms with Gasteiger partial charge in [0.2, 0.25) is 5.91 Å². The van der Waals surface area contributed by atoms with Crippen molar-refractivity contribution in [2.24, 2.45) is 5.92 Å². The zero-order valence-corrected chi connectivity index (χ0v) is 20.5. The average molecular weight is 483 g/mol. The van der Waals surface area contributed by atoms with Crippen LogP contribution in [0, 0.1) is 12.8 Å². The van der Waals surface area contributed by atoms with E-state index in [4.69, 9.17) is 21.3 Å². The number of benzene rings is 1. The third kappa shape index (κ3) is 5.36. The molecule has 0 aliphatic carbocycles. The molecule has 4 rings (SSSR count). The van der Waals surface area contributed by atoms with Gasteiger partial charge in [0, 0.05) is 48.7 Å². The number of imidazole rings is 1. The van der Waals surface area contributed by atoms with Gasteiger partial charge in [-0.25, -0.2) is 4.98 Å². The Balaban J connectivity index is 1.37. The summed E-state index contributed by atoms with van der Waals surface area (Å²) in [6.07, 6.45) is 4.53. The van der Waals surface area contributed by atoms with Gasteiger partial charge in [-0.1, -0.05) is 24.6 Å². The highest BCUT2D eigenvalue weighted by Gasteiger charge is 2.26. The van der Waals surface area contributed by atoms with Crippen LogP contribution in [0.5, 0.6) is 0 Å². The highest BCUT2D eigenvalue weighted by atomic mass is 35.5. The van der Waals surface area contributed by atoms with E-state index in [1.54, 1.807) is 0 Å². The molecule has 34 heavy (non-hydrogen) atoms. The van der Waals surface area contributed by atoms with Crippen molar-refractivity contribution in [3.05, 3.63) is 53.3 Å². The number of amides is 1. The number of fused-ring (bicyclic) bond motifs is 1. The Morgan fingerprint density at radius 1 is 1.21 bits per heavy atom. The molecular weight excluding hydrogens is 452 g/mol. The summed E-state index contributed by atoms with van der Waals surface area (Å²) in [5.41, 5.74) is 4.80. The number of pyridine rings is 1. The summed E-state index contributed by atoms with van der Waals surface area (Å²) in [5, 5.41) is 3.55. The van der Waals surface area contributed by atoms with Gasteiger partial charge >= 0.3 is 5.97 Å². The van der Waals surface area contributed by atoms with Gasteiger partial charge in [-0.05, 0) is 56.5 Å². The van der Waals surface area contributed by atoms with E-state index in [1.807, 2.05) is 50.4 Å². The topological polar surface area (TPSA) is 75.9 Å². The van der Waals surface area contributed by atoms with Crippen LogP contribution in [0.15, 0.2) is 42.6 Å². The molecule has 0 radical (unpaired) electrons. The van der Waals surface area contributed by atoms with E-state index in [2.05, 4.69) is 20.7 Å². The number of halogens is 1. The molecular formula is C26H31ClN4O3. The molecule has 1 saturated heterocycles. The number of aryl methyl sites for hydroxylation is 1. The second kappa shape index (κ2) is 10.9. The predicted molar refractivity (Wildman–Crippen MR) is 134 cm³/mol. The number of nitrogens with zero attached hydrogens (tertiary/aromatic N) is 3. The van der Waals surface area contributed by atoms with Crippen molar-refractivity contribution in [3.8, 4) is 11.3 Å². The molecule has 1 aliphatic heterocycles. The van der Waals surface area contributed by atoms with Crippen LogP contribution in [0.3, 0.4) is 0 Å². The molecule has 1 fully saturated rings. The molecule has 1 aromatic carbocycles. The maximum Gasteiger partial charge on any atom is 0.307 e. The van der Waals surface area contributed by atoms with Crippen LogP contribution in [-0.4, -0.2) is 47.5 Å². The third-order valence-corrected chi connectivity index (χ3v) is 6.63. The second-order valence-corrected chi connectivity index (χ2v) is 9.07. The number of hydrogen-bond acceptors (Lipinski definition) is 5. The smallest absolute Gasteiger partial charge is 0.307 e. The lowest BCUT2D eigenvalue weighted by molar-refractivity contribution is -0.143. The molecule has 0 bridgehead atoms. The number of piperidine rings is 1. The van der Waals surface area contributed by atoms with Gasteiger partial charge in [-0.2, -0.15) is 0 Å². The number of carbonyl (C=O) groups is 2. The molecule has 8 heteroatoms. The first kappa shape index (κ1) is 24.1. The first-order valence-corrected chi connectivity index (χ1v) is 12.3. The minimum atomic E-state index is -0.267. The van der Waals surface area contributed by atoms with Crippen LogP contribution in [0.2, 0.25) is 5.02 Å². The van der Waals surface area contributed by atoms with Gasteiger partial charge in [-0.15, -0.1) is 0 Å². The van der Waals surface area contributed by atoms with Gasteiger partial charge < -0.3 is 19.4 Å². The molecule has 0 spiro atoms. The van der Waals surface area contributed by atoms with Crippen molar-refractivity contribution in [1.82, 2.24) is 14.7 Å². The van der Waals surface area contributed by atoms with E-state index < -0.39 is 0 Å². The highest BCUT2D eigenvalue weighted by molar-refractivity contribution is 6.33. The fourth-order valence-electron chi connectivity index (χ4n) is 4.38. The number of esters is 1. The average Bonchev–Trinajstić information content (AvgIpc) is 3.19. The molecule has 0 unspecified atom stereocenters. The van der Waals surface area contributed by atoms with Gasteiger partial charge in [0.05, 0.1) is 23.7 Å². The summed E-state index contributed by atoms with van der Waals surface area (Å²) in [7, 11) is 0. The largest absolute Gasteiger partial charge is 0.466 e. The number of hydrogen-bond donors (Lipinski definition) is 1. The molecule has 1 aliphatic rings. The number of ether oxygens (including phenoxy) is 1. The number of anilines is 1. The summed E-state index contributed by atoms with van der Waals surface area (Å²) >= 11 is 6.58. The molecule has 180 valence electrons. The molecule has 0 atom stereocenters. The van der Waals surface area contributed by atoms with Crippen molar-refractivity contribution < 1.29 is 14.3 Å². The van der Waals surface area contributed by atoms with Crippen LogP contribution >= 0.6 is 11.6 Å². The lowest BCUT2D eigenvalue weighted by Gasteiger charge is -2.33. The number of rotatable bonds is 8. The second-order valence-electron chi connectivity index (χ2n) is 8.66. The van der Waals surface area contributed by atoms with E-state index >= 15 is 0 Å². The molecule has 1 amide bonds. The van der Waals surface area contributed by atoms with E-state index in [-0.39, 0.29) is 24.2 Å². The zero-order chi connectivity index (χ0) is 24.1. The summed E-state index contributed by atoms with van der Waals surface area (Å²) < 4.78 is 7.11. The molecule has 0 saturated carbocycles. The van der Waals surface area contributed by atoms with Crippen LogP contribution < -0.4 is 10.2 Å². The van der Waals surface area contributed by atoms with Crippen molar-refractivity contribution in [1.29, 1.82) is 0 Å². The minimum Gasteiger partial charge on any atom is -0.466 e. The van der Waals surface area contributed by atoms with E-state index in [9.17, 15) is 9.59 Å². The van der Waals surface area contributed by atoms with E-state index in [0.717, 1.165) is 60.6 Å². The Kier molecular flexibility index (Phi) is 7.73. The Morgan fingerprint density at radius 3 is 2.74 bits per heavy atom. The van der Waals surface area contributed by atoms with Gasteiger partial charge in [0.15, 0.2) is 0 Å². The van der Waals surface area contributed by atoms with Gasteiger partial charge in [-0.3, -0.25) is 9.59 Å². The molecule has 2 aromatic heterocycles. The lowest BCUT2D eigenvalue weighted by Crippen LogP contribution is -2.41. The Bertz CT molecular complexity index is 1170. The lowest BCUT2D eigenvalue weighted by atomic mass is 9.95.